The van der Waals surface area contributed by atoms with E-state index in [1.807, 2.05) is 0 Å². The molecule has 0 heterocycles. The number of ether oxygens (including phenoxy) is 1. The van der Waals surface area contributed by atoms with Gasteiger partial charge in [-0.25, -0.2) is 0 Å². The van der Waals surface area contributed by atoms with Crippen LogP contribution in [0.25, 0.3) is 0 Å². The Labute approximate surface area is 70.5 Å². The van der Waals surface area contributed by atoms with Crippen molar-refractivity contribution in [3.8, 4) is 0 Å². The van der Waals surface area contributed by atoms with Crippen molar-refractivity contribution >= 4 is 16.8 Å². The van der Waals surface area contributed by atoms with Gasteiger partial charge in [-0.3, -0.25) is 4.79 Å². The second kappa shape index (κ2) is 3.58. The first-order valence-corrected chi connectivity index (χ1v) is 3.75. The van der Waals surface area contributed by atoms with Gasteiger partial charge in [0, 0.05) is 12.0 Å². The maximum Gasteiger partial charge on any atom is 0.248 e. The average Bonchev–Trinajstić information content (AvgIpc) is 2.05. The van der Waals surface area contributed by atoms with Gasteiger partial charge in [0.05, 0.1) is 12.9 Å². The van der Waals surface area contributed by atoms with Gasteiger partial charge in [0.25, 0.3) is 0 Å². The molecule has 3 heteroatoms. The molecule has 11 heavy (non-hydrogen) atoms. The number of allylic oxidation sites excluding steroid dienone is 4. The summed E-state index contributed by atoms with van der Waals surface area (Å²) in [6, 6.07) is 0. The molecule has 0 aromatic rings. The van der Waals surface area contributed by atoms with E-state index < -0.39 is 0 Å². The Morgan fingerprint density at radius 1 is 1.55 bits per heavy atom. The molecule has 0 fully saturated rings. The zero-order valence-corrected chi connectivity index (χ0v) is 7.02. The number of rotatable bonds is 2. The Morgan fingerprint density at radius 2 is 2.27 bits per heavy atom. The van der Waals surface area contributed by atoms with Crippen LogP contribution in [0.4, 0.5) is 0 Å². The first kappa shape index (κ1) is 8.34. The summed E-state index contributed by atoms with van der Waals surface area (Å²) in [6.45, 7) is 0. The Morgan fingerprint density at radius 3 is 2.64 bits per heavy atom. The van der Waals surface area contributed by atoms with Gasteiger partial charge in [-0.2, -0.15) is 0 Å². The number of methoxy groups -OCH3 is 1. The van der Waals surface area contributed by atoms with E-state index in [0.29, 0.717) is 12.0 Å². The van der Waals surface area contributed by atoms with Crippen LogP contribution in [-0.2, 0) is 9.53 Å². The maximum absolute atomic E-state index is 10.6. The lowest BCUT2D eigenvalue weighted by Gasteiger charge is -2.10. The molecule has 2 nitrogen and oxygen atoms in total. The van der Waals surface area contributed by atoms with E-state index in [-0.39, 0.29) is 5.24 Å². The zero-order chi connectivity index (χ0) is 8.27. The van der Waals surface area contributed by atoms with Crippen LogP contribution in [0.2, 0.25) is 0 Å². The highest BCUT2D eigenvalue weighted by atomic mass is 35.5. The second-order valence-electron chi connectivity index (χ2n) is 2.30. The average molecular weight is 173 g/mol. The normalized spacial score (nSPS) is 16.9. The van der Waals surface area contributed by atoms with Gasteiger partial charge >= 0.3 is 0 Å². The molecule has 0 spiro atoms. The van der Waals surface area contributed by atoms with Crippen molar-refractivity contribution in [2.75, 3.05) is 7.11 Å². The summed E-state index contributed by atoms with van der Waals surface area (Å²) in [5, 5.41) is -0.364. The lowest BCUT2D eigenvalue weighted by molar-refractivity contribution is -0.108. The quantitative estimate of drug-likeness (QED) is 0.596. The predicted molar refractivity (Wildman–Crippen MR) is 43.3 cm³/mol. The first-order chi connectivity index (χ1) is 5.24. The summed E-state index contributed by atoms with van der Waals surface area (Å²) in [7, 11) is 1.62. The molecule has 1 aliphatic carbocycles. The lowest BCUT2D eigenvalue weighted by Crippen LogP contribution is -2.00. The Balaban J connectivity index is 2.69. The van der Waals surface area contributed by atoms with Crippen molar-refractivity contribution in [1.82, 2.24) is 0 Å². The SMILES string of the molecule is COC1=CC=C(C(=O)Cl)CC1. The van der Waals surface area contributed by atoms with Gasteiger partial charge in [-0.05, 0) is 24.1 Å². The standard InChI is InChI=1S/C8H9ClO2/c1-11-7-4-2-6(3-5-7)8(9)10/h2,4H,3,5H2,1H3. The maximum atomic E-state index is 10.6. The van der Waals surface area contributed by atoms with Crippen LogP contribution in [0, 0.1) is 0 Å². The number of carbonyl (C=O) groups is 1. The molecular formula is C8H9ClO2. The third-order valence-corrected chi connectivity index (χ3v) is 1.87. The zero-order valence-electron chi connectivity index (χ0n) is 6.26. The molecule has 0 aliphatic heterocycles. The molecule has 0 atom stereocenters. The molecule has 0 amide bonds. The molecule has 0 aromatic carbocycles. The fraction of sp³-hybridized carbons (Fsp3) is 0.375. The summed E-state index contributed by atoms with van der Waals surface area (Å²) < 4.78 is 4.98. The van der Waals surface area contributed by atoms with Gasteiger partial charge in [0.2, 0.25) is 5.24 Å². The van der Waals surface area contributed by atoms with Crippen molar-refractivity contribution in [2.24, 2.45) is 0 Å². The molecule has 0 saturated heterocycles. The van der Waals surface area contributed by atoms with Gasteiger partial charge in [-0.15, -0.1) is 0 Å². The molecule has 0 N–H and O–H groups in total. The summed E-state index contributed by atoms with van der Waals surface area (Å²) in [4.78, 5) is 10.6. The van der Waals surface area contributed by atoms with E-state index in [9.17, 15) is 4.79 Å². The van der Waals surface area contributed by atoms with E-state index in [2.05, 4.69) is 0 Å². The molecule has 1 aliphatic rings. The van der Waals surface area contributed by atoms with Gasteiger partial charge in [0.15, 0.2) is 0 Å². The van der Waals surface area contributed by atoms with Crippen LogP contribution in [-0.4, -0.2) is 12.4 Å². The Hall–Kier alpha value is -0.760. The number of carbonyl (C=O) groups excluding carboxylic acids is 1. The van der Waals surface area contributed by atoms with Crippen LogP contribution in [0.15, 0.2) is 23.5 Å². The second-order valence-corrected chi connectivity index (χ2v) is 2.65. The fourth-order valence-electron chi connectivity index (χ4n) is 0.952. The first-order valence-electron chi connectivity index (χ1n) is 3.37. The third-order valence-electron chi connectivity index (χ3n) is 1.63. The van der Waals surface area contributed by atoms with Crippen molar-refractivity contribution in [3.05, 3.63) is 23.5 Å². The fourth-order valence-corrected chi connectivity index (χ4v) is 1.11. The Kier molecular flexibility index (Phi) is 2.71. The van der Waals surface area contributed by atoms with E-state index >= 15 is 0 Å². The van der Waals surface area contributed by atoms with Crippen LogP contribution in [0.5, 0.6) is 0 Å². The smallest absolute Gasteiger partial charge is 0.248 e. The number of hydrogen-bond acceptors (Lipinski definition) is 2. The summed E-state index contributed by atoms with van der Waals surface area (Å²) in [6.07, 6.45) is 4.93. The minimum atomic E-state index is -0.364. The van der Waals surface area contributed by atoms with Crippen molar-refractivity contribution in [3.63, 3.8) is 0 Å². The van der Waals surface area contributed by atoms with Crippen LogP contribution in [0.3, 0.4) is 0 Å². The number of hydrogen-bond donors (Lipinski definition) is 0. The van der Waals surface area contributed by atoms with Crippen molar-refractivity contribution in [2.45, 2.75) is 12.8 Å². The van der Waals surface area contributed by atoms with E-state index in [0.717, 1.165) is 12.2 Å². The topological polar surface area (TPSA) is 26.3 Å². The highest BCUT2D eigenvalue weighted by molar-refractivity contribution is 6.67. The van der Waals surface area contributed by atoms with Gasteiger partial charge in [-0.1, -0.05) is 6.08 Å². The molecule has 0 unspecified atom stereocenters. The van der Waals surface area contributed by atoms with Crippen LogP contribution < -0.4 is 0 Å². The molecule has 0 saturated carbocycles. The molecule has 1 rings (SSSR count). The predicted octanol–water partition coefficient (Wildman–Crippen LogP) is 2.00. The summed E-state index contributed by atoms with van der Waals surface area (Å²) in [5.74, 6) is 0.895. The highest BCUT2D eigenvalue weighted by Crippen LogP contribution is 2.19. The number of halogens is 1. The third kappa shape index (κ3) is 2.09. The van der Waals surface area contributed by atoms with E-state index in [1.165, 1.54) is 0 Å². The van der Waals surface area contributed by atoms with Crippen LogP contribution >= 0.6 is 11.6 Å². The molecule has 0 bridgehead atoms. The molecule has 0 radical (unpaired) electrons. The summed E-state index contributed by atoms with van der Waals surface area (Å²) in [5.41, 5.74) is 0.660. The van der Waals surface area contributed by atoms with Gasteiger partial charge in [0.1, 0.15) is 0 Å². The van der Waals surface area contributed by atoms with Crippen LogP contribution in [0.1, 0.15) is 12.8 Å². The van der Waals surface area contributed by atoms with E-state index in [4.69, 9.17) is 16.3 Å². The Bertz CT molecular complexity index is 228. The lowest BCUT2D eigenvalue weighted by atomic mass is 10.1. The monoisotopic (exact) mass is 172 g/mol. The van der Waals surface area contributed by atoms with Crippen molar-refractivity contribution < 1.29 is 9.53 Å². The molecule has 0 aromatic heterocycles. The minimum absolute atomic E-state index is 0.364. The minimum Gasteiger partial charge on any atom is -0.501 e. The summed E-state index contributed by atoms with van der Waals surface area (Å²) >= 11 is 5.27. The largest absolute Gasteiger partial charge is 0.501 e. The van der Waals surface area contributed by atoms with E-state index in [1.54, 1.807) is 19.3 Å². The highest BCUT2D eigenvalue weighted by Gasteiger charge is 2.10. The van der Waals surface area contributed by atoms with Crippen molar-refractivity contribution in [1.29, 1.82) is 0 Å². The molecule has 60 valence electrons. The van der Waals surface area contributed by atoms with Gasteiger partial charge < -0.3 is 4.74 Å². The molecular weight excluding hydrogens is 164 g/mol.